The number of anilines is 1. The summed E-state index contributed by atoms with van der Waals surface area (Å²) < 4.78 is 33.3. The van der Waals surface area contributed by atoms with Crippen molar-refractivity contribution in [3.05, 3.63) is 45.8 Å². The van der Waals surface area contributed by atoms with Gasteiger partial charge in [-0.05, 0) is 31.5 Å². The van der Waals surface area contributed by atoms with Gasteiger partial charge in [-0.3, -0.25) is 4.72 Å². The maximum atomic E-state index is 12.3. The SMILES string of the molecule is Cc1ccc(NS(=O)(=O)c2cc(CN)oc2C)cc1Br. The quantitative estimate of drug-likeness (QED) is 0.879. The minimum Gasteiger partial charge on any atom is -0.464 e. The molecule has 0 amide bonds. The fourth-order valence-electron chi connectivity index (χ4n) is 1.76. The highest BCUT2D eigenvalue weighted by molar-refractivity contribution is 9.10. The molecule has 5 nitrogen and oxygen atoms in total. The van der Waals surface area contributed by atoms with E-state index in [4.69, 9.17) is 10.2 Å². The first kappa shape index (κ1) is 15.1. The number of hydrogen-bond donors (Lipinski definition) is 2. The van der Waals surface area contributed by atoms with Crippen LogP contribution >= 0.6 is 15.9 Å². The number of sulfonamides is 1. The Morgan fingerprint density at radius 2 is 2.00 bits per heavy atom. The first-order chi connectivity index (χ1) is 9.33. The zero-order valence-electron chi connectivity index (χ0n) is 11.1. The molecule has 0 spiro atoms. The van der Waals surface area contributed by atoms with Gasteiger partial charge in [-0.15, -0.1) is 0 Å². The molecular formula is C13H15BrN2O3S. The van der Waals surface area contributed by atoms with E-state index in [0.29, 0.717) is 17.2 Å². The third kappa shape index (κ3) is 3.05. The number of rotatable bonds is 4. The van der Waals surface area contributed by atoms with Crippen LogP contribution in [0.1, 0.15) is 17.1 Å². The molecule has 2 aromatic rings. The number of nitrogens with one attached hydrogen (secondary N) is 1. The van der Waals surface area contributed by atoms with Crippen molar-refractivity contribution in [1.29, 1.82) is 0 Å². The van der Waals surface area contributed by atoms with E-state index in [9.17, 15) is 8.42 Å². The Morgan fingerprint density at radius 3 is 2.55 bits per heavy atom. The molecule has 0 radical (unpaired) electrons. The van der Waals surface area contributed by atoms with Gasteiger partial charge in [-0.25, -0.2) is 8.42 Å². The number of nitrogens with two attached hydrogens (primary N) is 1. The molecule has 1 aromatic carbocycles. The Morgan fingerprint density at radius 1 is 1.30 bits per heavy atom. The summed E-state index contributed by atoms with van der Waals surface area (Å²) in [5, 5.41) is 0. The Bertz CT molecular complexity index is 738. The van der Waals surface area contributed by atoms with Crippen LogP contribution in [0.3, 0.4) is 0 Å². The zero-order chi connectivity index (χ0) is 14.9. The Kier molecular flexibility index (Phi) is 4.22. The van der Waals surface area contributed by atoms with Crippen molar-refractivity contribution in [2.45, 2.75) is 25.3 Å². The van der Waals surface area contributed by atoms with Gasteiger partial charge in [0.15, 0.2) is 0 Å². The monoisotopic (exact) mass is 358 g/mol. The van der Waals surface area contributed by atoms with Gasteiger partial charge in [0.25, 0.3) is 10.0 Å². The fourth-order valence-corrected chi connectivity index (χ4v) is 3.39. The molecule has 2 rings (SSSR count). The van der Waals surface area contributed by atoms with E-state index in [2.05, 4.69) is 20.7 Å². The smallest absolute Gasteiger partial charge is 0.265 e. The molecule has 108 valence electrons. The minimum absolute atomic E-state index is 0.106. The highest BCUT2D eigenvalue weighted by Crippen LogP contribution is 2.25. The van der Waals surface area contributed by atoms with Crippen molar-refractivity contribution in [2.24, 2.45) is 5.73 Å². The zero-order valence-corrected chi connectivity index (χ0v) is 13.5. The van der Waals surface area contributed by atoms with Crippen LogP contribution in [0.5, 0.6) is 0 Å². The van der Waals surface area contributed by atoms with E-state index < -0.39 is 10.0 Å². The van der Waals surface area contributed by atoms with Crippen molar-refractivity contribution >= 4 is 31.6 Å². The maximum Gasteiger partial charge on any atom is 0.265 e. The average molecular weight is 359 g/mol. The summed E-state index contributed by atoms with van der Waals surface area (Å²) in [4.78, 5) is 0.106. The van der Waals surface area contributed by atoms with Crippen LogP contribution in [-0.4, -0.2) is 8.42 Å². The predicted molar refractivity (Wildman–Crippen MR) is 81.0 cm³/mol. The van der Waals surface area contributed by atoms with E-state index in [1.54, 1.807) is 19.1 Å². The van der Waals surface area contributed by atoms with Gasteiger partial charge >= 0.3 is 0 Å². The summed E-state index contributed by atoms with van der Waals surface area (Å²) >= 11 is 3.37. The number of aryl methyl sites for hydroxylation is 2. The highest BCUT2D eigenvalue weighted by Gasteiger charge is 2.21. The first-order valence-electron chi connectivity index (χ1n) is 5.92. The van der Waals surface area contributed by atoms with Crippen LogP contribution in [0.15, 0.2) is 38.1 Å². The molecule has 0 saturated carbocycles. The third-order valence-corrected chi connectivity index (χ3v) is 5.18. The van der Waals surface area contributed by atoms with E-state index in [1.807, 2.05) is 13.0 Å². The van der Waals surface area contributed by atoms with Crippen LogP contribution in [0.25, 0.3) is 0 Å². The van der Waals surface area contributed by atoms with Crippen molar-refractivity contribution < 1.29 is 12.8 Å². The number of furan rings is 1. The van der Waals surface area contributed by atoms with Gasteiger partial charge in [0.2, 0.25) is 0 Å². The minimum atomic E-state index is -3.68. The van der Waals surface area contributed by atoms with E-state index >= 15 is 0 Å². The Labute approximate surface area is 126 Å². The van der Waals surface area contributed by atoms with Crippen LogP contribution in [0, 0.1) is 13.8 Å². The lowest BCUT2D eigenvalue weighted by molar-refractivity contribution is 0.479. The van der Waals surface area contributed by atoms with Crippen molar-refractivity contribution in [3.63, 3.8) is 0 Å². The molecule has 0 fully saturated rings. The summed E-state index contributed by atoms with van der Waals surface area (Å²) in [6.07, 6.45) is 0. The average Bonchev–Trinajstić information content (AvgIpc) is 2.76. The molecule has 1 heterocycles. The van der Waals surface area contributed by atoms with Crippen molar-refractivity contribution in [2.75, 3.05) is 4.72 Å². The first-order valence-corrected chi connectivity index (χ1v) is 8.19. The van der Waals surface area contributed by atoms with Crippen LogP contribution in [0.4, 0.5) is 5.69 Å². The number of hydrogen-bond acceptors (Lipinski definition) is 4. The molecule has 0 atom stereocenters. The van der Waals surface area contributed by atoms with E-state index in [-0.39, 0.29) is 11.4 Å². The number of benzene rings is 1. The molecule has 0 aliphatic heterocycles. The number of halogens is 1. The molecule has 0 saturated heterocycles. The molecule has 0 aliphatic carbocycles. The highest BCUT2D eigenvalue weighted by atomic mass is 79.9. The van der Waals surface area contributed by atoms with E-state index in [1.165, 1.54) is 6.07 Å². The van der Waals surface area contributed by atoms with Gasteiger partial charge in [0.05, 0.1) is 6.54 Å². The Hall–Kier alpha value is -1.31. The molecule has 7 heteroatoms. The molecule has 1 aromatic heterocycles. The van der Waals surface area contributed by atoms with Crippen molar-refractivity contribution in [1.82, 2.24) is 0 Å². The van der Waals surface area contributed by atoms with E-state index in [0.717, 1.165) is 10.0 Å². The Balaban J connectivity index is 2.35. The molecule has 0 unspecified atom stereocenters. The largest absolute Gasteiger partial charge is 0.464 e. The second-order valence-electron chi connectivity index (χ2n) is 4.41. The van der Waals surface area contributed by atoms with Gasteiger partial charge < -0.3 is 10.2 Å². The van der Waals surface area contributed by atoms with Gasteiger partial charge in [0.1, 0.15) is 16.4 Å². The summed E-state index contributed by atoms with van der Waals surface area (Å²) in [6.45, 7) is 3.68. The summed E-state index contributed by atoms with van der Waals surface area (Å²) in [6, 6.07) is 6.69. The lowest BCUT2D eigenvalue weighted by Gasteiger charge is -2.08. The fraction of sp³-hybridized carbons (Fsp3) is 0.231. The second-order valence-corrected chi connectivity index (χ2v) is 6.91. The molecule has 0 aliphatic rings. The van der Waals surface area contributed by atoms with Crippen molar-refractivity contribution in [3.8, 4) is 0 Å². The van der Waals surface area contributed by atoms with Gasteiger partial charge in [-0.2, -0.15) is 0 Å². The lowest BCUT2D eigenvalue weighted by atomic mass is 10.2. The van der Waals surface area contributed by atoms with Gasteiger partial charge in [-0.1, -0.05) is 22.0 Å². The van der Waals surface area contributed by atoms with Crippen LogP contribution < -0.4 is 10.5 Å². The molecular weight excluding hydrogens is 344 g/mol. The summed E-state index contributed by atoms with van der Waals surface area (Å²) in [5.41, 5.74) is 6.96. The van der Waals surface area contributed by atoms with Crippen LogP contribution in [-0.2, 0) is 16.6 Å². The maximum absolute atomic E-state index is 12.3. The summed E-state index contributed by atoms with van der Waals surface area (Å²) in [7, 11) is -3.68. The normalized spacial score (nSPS) is 11.6. The van der Waals surface area contributed by atoms with Crippen LogP contribution in [0.2, 0.25) is 0 Å². The predicted octanol–water partition coefficient (Wildman–Crippen LogP) is 2.92. The lowest BCUT2D eigenvalue weighted by Crippen LogP contribution is -2.13. The second kappa shape index (κ2) is 5.59. The standard InChI is InChI=1S/C13H15BrN2O3S/c1-8-3-4-10(5-12(8)14)16-20(17,18)13-6-11(7-15)19-9(13)2/h3-6,16H,7,15H2,1-2H3. The third-order valence-electron chi connectivity index (χ3n) is 2.84. The van der Waals surface area contributed by atoms with Gasteiger partial charge in [0, 0.05) is 16.2 Å². The summed E-state index contributed by atoms with van der Waals surface area (Å²) in [5.74, 6) is 0.761. The molecule has 0 bridgehead atoms. The molecule has 20 heavy (non-hydrogen) atoms. The molecule has 3 N–H and O–H groups in total. The topological polar surface area (TPSA) is 85.3 Å².